The van der Waals surface area contributed by atoms with Crippen LogP contribution < -0.4 is 4.90 Å². The van der Waals surface area contributed by atoms with Crippen molar-refractivity contribution in [3.63, 3.8) is 0 Å². The number of carbonyl (C=O) groups is 1. The zero-order valence-corrected chi connectivity index (χ0v) is 15.5. The number of hydrogen-bond donors (Lipinski definition) is 1. The zero-order chi connectivity index (χ0) is 17.3. The number of amides is 1. The van der Waals surface area contributed by atoms with Gasteiger partial charge in [0.1, 0.15) is 5.75 Å². The van der Waals surface area contributed by atoms with Crippen molar-refractivity contribution in [2.75, 3.05) is 31.1 Å². The molecule has 1 N–H and O–H groups in total. The molecule has 2 aromatic carbocycles. The second-order valence-corrected chi connectivity index (χ2v) is 7.12. The predicted octanol–water partition coefficient (Wildman–Crippen LogP) is 3.73. The molecule has 2 aromatic rings. The molecule has 1 fully saturated rings. The predicted molar refractivity (Wildman–Crippen MR) is 99.8 cm³/mol. The quantitative estimate of drug-likeness (QED) is 0.851. The van der Waals surface area contributed by atoms with E-state index in [1.54, 1.807) is 6.07 Å². The van der Waals surface area contributed by atoms with Crippen LogP contribution in [0.2, 0.25) is 0 Å². The third-order valence-electron chi connectivity index (χ3n) is 4.37. The van der Waals surface area contributed by atoms with E-state index in [1.807, 2.05) is 17.9 Å². The highest BCUT2D eigenvalue weighted by molar-refractivity contribution is 9.10. The van der Waals surface area contributed by atoms with Gasteiger partial charge in [0.2, 0.25) is 0 Å². The van der Waals surface area contributed by atoms with Gasteiger partial charge < -0.3 is 14.9 Å². The van der Waals surface area contributed by atoms with Crippen molar-refractivity contribution in [1.29, 1.82) is 0 Å². The molecular weight excluding hydrogens is 368 g/mol. The van der Waals surface area contributed by atoms with Gasteiger partial charge >= 0.3 is 0 Å². The Morgan fingerprint density at radius 2 is 1.75 bits per heavy atom. The van der Waals surface area contributed by atoms with Crippen molar-refractivity contribution < 1.29 is 9.90 Å². The topological polar surface area (TPSA) is 43.8 Å². The van der Waals surface area contributed by atoms with Gasteiger partial charge in [-0.05, 0) is 65.2 Å². The highest BCUT2D eigenvalue weighted by Gasteiger charge is 2.25. The zero-order valence-electron chi connectivity index (χ0n) is 13.9. The third-order valence-corrected chi connectivity index (χ3v) is 4.98. The summed E-state index contributed by atoms with van der Waals surface area (Å²) in [6, 6.07) is 12.0. The van der Waals surface area contributed by atoms with E-state index in [0.29, 0.717) is 23.1 Å². The number of phenols is 1. The number of benzene rings is 2. The maximum Gasteiger partial charge on any atom is 0.257 e. The Labute approximate surface area is 150 Å². The average molecular weight is 389 g/mol. The summed E-state index contributed by atoms with van der Waals surface area (Å²) in [5.74, 6) is -0.0903. The highest BCUT2D eigenvalue weighted by atomic mass is 79.9. The first-order valence-electron chi connectivity index (χ1n) is 8.05. The number of hydrogen-bond acceptors (Lipinski definition) is 3. The van der Waals surface area contributed by atoms with Crippen molar-refractivity contribution in [2.45, 2.75) is 13.8 Å². The van der Waals surface area contributed by atoms with Gasteiger partial charge in [-0.2, -0.15) is 0 Å². The molecule has 0 aromatic heterocycles. The summed E-state index contributed by atoms with van der Waals surface area (Å²) in [7, 11) is 0. The molecule has 24 heavy (non-hydrogen) atoms. The first kappa shape index (κ1) is 16.8. The molecular formula is C19H21BrN2O2. The van der Waals surface area contributed by atoms with Crippen molar-refractivity contribution in [3.05, 3.63) is 57.6 Å². The summed E-state index contributed by atoms with van der Waals surface area (Å²) in [5, 5.41) is 10.2. The second kappa shape index (κ2) is 6.85. The maximum absolute atomic E-state index is 12.7. The molecule has 0 unspecified atom stereocenters. The summed E-state index contributed by atoms with van der Waals surface area (Å²) in [6.07, 6.45) is 0. The van der Waals surface area contributed by atoms with Gasteiger partial charge in [-0.15, -0.1) is 0 Å². The summed E-state index contributed by atoms with van der Waals surface area (Å²) >= 11 is 3.31. The Hall–Kier alpha value is -2.01. The van der Waals surface area contributed by atoms with E-state index < -0.39 is 0 Å². The molecule has 1 aliphatic heterocycles. The summed E-state index contributed by atoms with van der Waals surface area (Å²) in [5.41, 5.74) is 3.75. The number of halogens is 1. The molecule has 1 aliphatic rings. The van der Waals surface area contributed by atoms with Gasteiger partial charge in [0.25, 0.3) is 5.91 Å². The Morgan fingerprint density at radius 3 is 2.42 bits per heavy atom. The minimum atomic E-state index is -0.110. The monoisotopic (exact) mass is 388 g/mol. The van der Waals surface area contributed by atoms with E-state index >= 15 is 0 Å². The fourth-order valence-electron chi connectivity index (χ4n) is 3.06. The van der Waals surface area contributed by atoms with Crippen LogP contribution in [0.1, 0.15) is 21.5 Å². The molecule has 1 heterocycles. The molecule has 0 bridgehead atoms. The minimum absolute atomic E-state index is 0.0201. The van der Waals surface area contributed by atoms with Gasteiger partial charge in [0.05, 0.1) is 10.0 Å². The molecule has 1 saturated heterocycles. The van der Waals surface area contributed by atoms with E-state index in [9.17, 15) is 9.90 Å². The van der Waals surface area contributed by atoms with E-state index in [1.165, 1.54) is 11.3 Å². The first-order valence-corrected chi connectivity index (χ1v) is 8.85. The SMILES string of the molecule is Cc1cccc(N2CCN(C(=O)c3cc(C)cc(Br)c3O)CC2)c1. The Morgan fingerprint density at radius 1 is 1.04 bits per heavy atom. The van der Waals surface area contributed by atoms with Gasteiger partial charge in [0, 0.05) is 31.9 Å². The van der Waals surface area contributed by atoms with Crippen molar-refractivity contribution in [3.8, 4) is 5.75 Å². The van der Waals surface area contributed by atoms with Crippen molar-refractivity contribution >= 4 is 27.5 Å². The third kappa shape index (κ3) is 3.41. The number of nitrogens with zero attached hydrogens (tertiary/aromatic N) is 2. The van der Waals surface area contributed by atoms with Crippen LogP contribution in [0.5, 0.6) is 5.75 Å². The normalized spacial score (nSPS) is 14.8. The van der Waals surface area contributed by atoms with Crippen LogP contribution in [0, 0.1) is 13.8 Å². The first-order chi connectivity index (χ1) is 11.5. The summed E-state index contributed by atoms with van der Waals surface area (Å²) in [4.78, 5) is 16.9. The second-order valence-electron chi connectivity index (χ2n) is 6.26. The number of aromatic hydroxyl groups is 1. The molecule has 126 valence electrons. The fourth-order valence-corrected chi connectivity index (χ4v) is 3.64. The van der Waals surface area contributed by atoms with Gasteiger partial charge in [-0.1, -0.05) is 12.1 Å². The smallest absolute Gasteiger partial charge is 0.257 e. The van der Waals surface area contributed by atoms with Crippen LogP contribution >= 0.6 is 15.9 Å². The van der Waals surface area contributed by atoms with E-state index in [0.717, 1.165) is 18.7 Å². The molecule has 0 spiro atoms. The van der Waals surface area contributed by atoms with E-state index in [4.69, 9.17) is 0 Å². The summed E-state index contributed by atoms with van der Waals surface area (Å²) < 4.78 is 0.559. The van der Waals surface area contributed by atoms with Crippen LogP contribution in [0.3, 0.4) is 0 Å². The van der Waals surface area contributed by atoms with Gasteiger partial charge in [-0.3, -0.25) is 4.79 Å². The lowest BCUT2D eigenvalue weighted by atomic mass is 10.1. The standard InChI is InChI=1S/C19H21BrN2O2/c1-13-4-3-5-15(10-13)21-6-8-22(9-7-21)19(24)16-11-14(2)12-17(20)18(16)23/h3-5,10-12,23H,6-9H2,1-2H3. The lowest BCUT2D eigenvalue weighted by Gasteiger charge is -2.36. The molecule has 0 radical (unpaired) electrons. The van der Waals surface area contributed by atoms with Crippen LogP contribution in [-0.4, -0.2) is 42.1 Å². The van der Waals surface area contributed by atoms with Crippen LogP contribution in [0.4, 0.5) is 5.69 Å². The Kier molecular flexibility index (Phi) is 4.81. The largest absolute Gasteiger partial charge is 0.506 e. The van der Waals surface area contributed by atoms with E-state index in [-0.39, 0.29) is 11.7 Å². The maximum atomic E-state index is 12.7. The Bertz CT molecular complexity index is 768. The van der Waals surface area contributed by atoms with Gasteiger partial charge in [-0.25, -0.2) is 0 Å². The molecule has 0 aliphatic carbocycles. The number of carbonyl (C=O) groups excluding carboxylic acids is 1. The van der Waals surface area contributed by atoms with Crippen molar-refractivity contribution in [2.24, 2.45) is 0 Å². The van der Waals surface area contributed by atoms with Gasteiger partial charge in [0.15, 0.2) is 0 Å². The molecule has 0 saturated carbocycles. The molecule has 4 nitrogen and oxygen atoms in total. The summed E-state index contributed by atoms with van der Waals surface area (Å²) in [6.45, 7) is 6.89. The number of anilines is 1. The van der Waals surface area contributed by atoms with Crippen LogP contribution in [0.15, 0.2) is 40.9 Å². The van der Waals surface area contributed by atoms with Crippen LogP contribution in [0.25, 0.3) is 0 Å². The lowest BCUT2D eigenvalue weighted by molar-refractivity contribution is 0.0743. The van der Waals surface area contributed by atoms with Crippen LogP contribution in [-0.2, 0) is 0 Å². The number of phenolic OH excluding ortho intramolecular Hbond substituents is 1. The van der Waals surface area contributed by atoms with E-state index in [2.05, 4.69) is 52.0 Å². The average Bonchev–Trinajstić information content (AvgIpc) is 2.57. The molecule has 1 amide bonds. The molecule has 3 rings (SSSR count). The molecule has 0 atom stereocenters. The highest BCUT2D eigenvalue weighted by Crippen LogP contribution is 2.30. The van der Waals surface area contributed by atoms with Crippen molar-refractivity contribution in [1.82, 2.24) is 4.90 Å². The minimum Gasteiger partial charge on any atom is -0.506 e. The molecule has 5 heteroatoms. The number of aryl methyl sites for hydroxylation is 2. The number of piperazine rings is 1. The lowest BCUT2D eigenvalue weighted by Crippen LogP contribution is -2.48. The fraction of sp³-hybridized carbons (Fsp3) is 0.316. The number of rotatable bonds is 2. The Balaban J connectivity index is 1.72.